The maximum absolute atomic E-state index is 12.8. The second kappa shape index (κ2) is 11.8. The molecule has 2 nitrogen and oxygen atoms in total. The van der Waals surface area contributed by atoms with Crippen molar-refractivity contribution in [2.75, 3.05) is 19.0 Å². The van der Waals surface area contributed by atoms with Gasteiger partial charge >= 0.3 is 6.18 Å². The van der Waals surface area contributed by atoms with Crippen LogP contribution in [0.25, 0.3) is 6.08 Å². The van der Waals surface area contributed by atoms with Crippen LogP contribution in [0.2, 0.25) is 0 Å². The number of hydrogen-bond acceptors (Lipinski definition) is 3. The van der Waals surface area contributed by atoms with Gasteiger partial charge in [0.25, 0.3) is 0 Å². The zero-order chi connectivity index (χ0) is 23.7. The SMILES string of the molecule is CCCOc1ccc(SCC(=Cc2ccccc2)COc2ccc(C(F)(F)F)cc2)cc1C. The zero-order valence-electron chi connectivity index (χ0n) is 18.7. The zero-order valence-corrected chi connectivity index (χ0v) is 19.5. The van der Waals surface area contributed by atoms with Crippen molar-refractivity contribution in [1.82, 2.24) is 0 Å². The Morgan fingerprint density at radius 1 is 0.939 bits per heavy atom. The van der Waals surface area contributed by atoms with E-state index in [0.717, 1.165) is 45.9 Å². The van der Waals surface area contributed by atoms with Gasteiger partial charge in [0.05, 0.1) is 12.2 Å². The molecule has 0 amide bonds. The van der Waals surface area contributed by atoms with Gasteiger partial charge in [0.1, 0.15) is 18.1 Å². The summed E-state index contributed by atoms with van der Waals surface area (Å²) in [5.41, 5.74) is 2.47. The first kappa shape index (κ1) is 24.8. The number of hydrogen-bond donors (Lipinski definition) is 0. The lowest BCUT2D eigenvalue weighted by molar-refractivity contribution is -0.137. The molecule has 0 bridgehead atoms. The van der Waals surface area contributed by atoms with E-state index in [0.29, 0.717) is 18.1 Å². The van der Waals surface area contributed by atoms with Crippen molar-refractivity contribution >= 4 is 17.8 Å². The van der Waals surface area contributed by atoms with Gasteiger partial charge in [0, 0.05) is 10.6 Å². The molecule has 0 aliphatic heterocycles. The Hall–Kier alpha value is -2.86. The van der Waals surface area contributed by atoms with Gasteiger partial charge in [-0.25, -0.2) is 0 Å². The molecule has 6 heteroatoms. The molecule has 3 aromatic carbocycles. The number of halogens is 3. The lowest BCUT2D eigenvalue weighted by Gasteiger charge is -2.13. The molecule has 174 valence electrons. The minimum absolute atomic E-state index is 0.282. The van der Waals surface area contributed by atoms with E-state index >= 15 is 0 Å². The summed E-state index contributed by atoms with van der Waals surface area (Å²) >= 11 is 1.68. The summed E-state index contributed by atoms with van der Waals surface area (Å²) in [6.45, 7) is 5.08. The van der Waals surface area contributed by atoms with Crippen LogP contribution < -0.4 is 9.47 Å². The molecule has 0 fully saturated rings. The van der Waals surface area contributed by atoms with Gasteiger partial charge in [-0.15, -0.1) is 11.8 Å². The standard InChI is InChI=1S/C27H27F3O2S/c1-3-15-31-26-14-13-25(16-20(26)2)33-19-22(17-21-7-5-4-6-8-21)18-32-24-11-9-23(10-12-24)27(28,29)30/h4-14,16-17H,3,15,18-19H2,1-2H3. The summed E-state index contributed by atoms with van der Waals surface area (Å²) in [7, 11) is 0. The van der Waals surface area contributed by atoms with Crippen LogP contribution in [0.15, 0.2) is 83.3 Å². The van der Waals surface area contributed by atoms with Gasteiger partial charge in [-0.05, 0) is 72.5 Å². The van der Waals surface area contributed by atoms with Crippen molar-refractivity contribution in [3.8, 4) is 11.5 Å². The third-order valence-electron chi connectivity index (χ3n) is 4.81. The maximum Gasteiger partial charge on any atom is 0.416 e. The lowest BCUT2D eigenvalue weighted by Crippen LogP contribution is -2.06. The van der Waals surface area contributed by atoms with E-state index in [-0.39, 0.29) is 6.61 Å². The molecule has 0 aliphatic carbocycles. The first-order valence-corrected chi connectivity index (χ1v) is 11.7. The molecule has 0 heterocycles. The minimum atomic E-state index is -4.36. The number of benzene rings is 3. The fourth-order valence-corrected chi connectivity index (χ4v) is 4.03. The van der Waals surface area contributed by atoms with Crippen LogP contribution >= 0.6 is 11.8 Å². The van der Waals surface area contributed by atoms with E-state index in [1.165, 1.54) is 12.1 Å². The van der Waals surface area contributed by atoms with Crippen LogP contribution in [0, 0.1) is 6.92 Å². The Balaban J connectivity index is 1.69. The van der Waals surface area contributed by atoms with Crippen LogP contribution in [0.3, 0.4) is 0 Å². The highest BCUT2D eigenvalue weighted by Crippen LogP contribution is 2.31. The van der Waals surface area contributed by atoms with Crippen molar-refractivity contribution in [2.45, 2.75) is 31.3 Å². The Labute approximate surface area is 197 Å². The summed E-state index contributed by atoms with van der Waals surface area (Å²) in [4.78, 5) is 1.12. The van der Waals surface area contributed by atoms with Crippen LogP contribution in [0.5, 0.6) is 11.5 Å². The number of thioether (sulfide) groups is 1. The van der Waals surface area contributed by atoms with Gasteiger partial charge < -0.3 is 9.47 Å². The van der Waals surface area contributed by atoms with Crippen LogP contribution in [0.1, 0.15) is 30.0 Å². The molecule has 0 atom stereocenters. The Morgan fingerprint density at radius 3 is 2.30 bits per heavy atom. The van der Waals surface area contributed by atoms with E-state index in [2.05, 4.69) is 19.1 Å². The molecule has 0 aromatic heterocycles. The Kier molecular flexibility index (Phi) is 8.89. The van der Waals surface area contributed by atoms with E-state index in [9.17, 15) is 13.2 Å². The normalized spacial score (nSPS) is 12.0. The Morgan fingerprint density at radius 2 is 1.67 bits per heavy atom. The Bertz CT molecular complexity index is 1050. The van der Waals surface area contributed by atoms with Crippen molar-refractivity contribution in [2.24, 2.45) is 0 Å². The monoisotopic (exact) mass is 472 g/mol. The molecular weight excluding hydrogens is 445 g/mol. The summed E-state index contributed by atoms with van der Waals surface area (Å²) in [5.74, 6) is 1.98. The first-order valence-electron chi connectivity index (χ1n) is 10.8. The van der Waals surface area contributed by atoms with E-state index < -0.39 is 11.7 Å². The molecular formula is C27H27F3O2S. The number of rotatable bonds is 10. The fourth-order valence-electron chi connectivity index (χ4n) is 3.09. The number of ether oxygens (including phenoxy) is 2. The van der Waals surface area contributed by atoms with Gasteiger partial charge in [0.15, 0.2) is 0 Å². The summed E-state index contributed by atoms with van der Waals surface area (Å²) < 4.78 is 49.9. The van der Waals surface area contributed by atoms with Gasteiger partial charge in [-0.1, -0.05) is 43.3 Å². The second-order valence-corrected chi connectivity index (χ2v) is 8.64. The molecule has 33 heavy (non-hydrogen) atoms. The summed E-state index contributed by atoms with van der Waals surface area (Å²) in [5, 5.41) is 0. The smallest absolute Gasteiger partial charge is 0.416 e. The number of aryl methyl sites for hydroxylation is 1. The molecule has 0 saturated heterocycles. The topological polar surface area (TPSA) is 18.5 Å². The number of alkyl halides is 3. The van der Waals surface area contributed by atoms with E-state index in [4.69, 9.17) is 9.47 Å². The highest BCUT2D eigenvalue weighted by atomic mass is 32.2. The van der Waals surface area contributed by atoms with Crippen molar-refractivity contribution in [3.05, 3.63) is 95.1 Å². The van der Waals surface area contributed by atoms with Crippen molar-refractivity contribution < 1.29 is 22.6 Å². The average molecular weight is 473 g/mol. The summed E-state index contributed by atoms with van der Waals surface area (Å²) in [6, 6.07) is 20.8. The lowest BCUT2D eigenvalue weighted by atomic mass is 10.1. The van der Waals surface area contributed by atoms with E-state index in [1.54, 1.807) is 11.8 Å². The van der Waals surface area contributed by atoms with Crippen molar-refractivity contribution in [1.29, 1.82) is 0 Å². The highest BCUT2D eigenvalue weighted by Gasteiger charge is 2.30. The molecule has 3 aromatic rings. The van der Waals surface area contributed by atoms with Crippen LogP contribution in [-0.2, 0) is 6.18 Å². The highest BCUT2D eigenvalue weighted by molar-refractivity contribution is 7.99. The third kappa shape index (κ3) is 7.90. The maximum atomic E-state index is 12.8. The molecule has 0 radical (unpaired) electrons. The fraction of sp³-hybridized carbons (Fsp3) is 0.259. The molecule has 0 N–H and O–H groups in total. The first-order chi connectivity index (χ1) is 15.8. The van der Waals surface area contributed by atoms with Gasteiger partial charge in [-0.3, -0.25) is 0 Å². The van der Waals surface area contributed by atoms with Gasteiger partial charge in [0.2, 0.25) is 0 Å². The van der Waals surface area contributed by atoms with Gasteiger partial charge in [-0.2, -0.15) is 13.2 Å². The second-order valence-electron chi connectivity index (χ2n) is 7.59. The average Bonchev–Trinajstić information content (AvgIpc) is 2.80. The van der Waals surface area contributed by atoms with Crippen molar-refractivity contribution in [3.63, 3.8) is 0 Å². The molecule has 0 spiro atoms. The van der Waals surface area contributed by atoms with Crippen LogP contribution in [-0.4, -0.2) is 19.0 Å². The molecule has 0 aliphatic rings. The molecule has 3 rings (SSSR count). The van der Waals surface area contributed by atoms with Crippen LogP contribution in [0.4, 0.5) is 13.2 Å². The van der Waals surface area contributed by atoms with E-state index in [1.807, 2.05) is 49.4 Å². The molecule has 0 saturated carbocycles. The third-order valence-corrected chi connectivity index (χ3v) is 5.91. The minimum Gasteiger partial charge on any atom is -0.493 e. The predicted molar refractivity (Wildman–Crippen MR) is 129 cm³/mol. The molecule has 0 unspecified atom stereocenters. The predicted octanol–water partition coefficient (Wildman–Crippen LogP) is 8.06. The quantitative estimate of drug-likeness (QED) is 0.278. The summed E-state index contributed by atoms with van der Waals surface area (Å²) in [6.07, 6.45) is -1.34. The largest absolute Gasteiger partial charge is 0.493 e.